The molecule has 0 atom stereocenters. The second-order valence-corrected chi connectivity index (χ2v) is 5.99. The average Bonchev–Trinajstić information content (AvgIpc) is 3.16. The molecule has 6 nitrogen and oxygen atoms in total. The van der Waals surface area contributed by atoms with Gasteiger partial charge in [-0.1, -0.05) is 35.9 Å². The van der Waals surface area contributed by atoms with Crippen LogP contribution in [-0.4, -0.2) is 32.7 Å². The van der Waals surface area contributed by atoms with Crippen molar-refractivity contribution in [1.82, 2.24) is 25.0 Å². The summed E-state index contributed by atoms with van der Waals surface area (Å²) in [7, 11) is 1.73. The quantitative estimate of drug-likeness (QED) is 0.764. The topological polar surface area (TPSA) is 63.1 Å². The van der Waals surface area contributed by atoms with Gasteiger partial charge in [0.1, 0.15) is 0 Å². The zero-order valence-electron chi connectivity index (χ0n) is 13.8. The first-order valence-electron chi connectivity index (χ1n) is 7.81. The van der Waals surface area contributed by atoms with Crippen LogP contribution in [0.2, 0.25) is 5.02 Å². The smallest absolute Gasteiger partial charge is 0.317 e. The number of benzene rings is 1. The highest BCUT2D eigenvalue weighted by molar-refractivity contribution is 6.31. The molecule has 0 unspecified atom stereocenters. The third-order valence-electron chi connectivity index (χ3n) is 3.70. The maximum atomic E-state index is 12.2. The van der Waals surface area contributed by atoms with Gasteiger partial charge in [-0.2, -0.15) is 5.10 Å². The number of aromatic nitrogens is 3. The Kier molecular flexibility index (Phi) is 5.30. The van der Waals surface area contributed by atoms with E-state index < -0.39 is 0 Å². The van der Waals surface area contributed by atoms with E-state index in [9.17, 15) is 4.79 Å². The Hall–Kier alpha value is -2.86. The minimum absolute atomic E-state index is 0.170. The van der Waals surface area contributed by atoms with Crippen LogP contribution in [0.5, 0.6) is 0 Å². The van der Waals surface area contributed by atoms with Crippen molar-refractivity contribution in [2.24, 2.45) is 0 Å². The highest BCUT2D eigenvalue weighted by atomic mass is 35.5. The fraction of sp³-hybridized carbons (Fsp3) is 0.167. The second-order valence-electron chi connectivity index (χ2n) is 5.58. The van der Waals surface area contributed by atoms with Crippen molar-refractivity contribution in [3.05, 3.63) is 77.2 Å². The zero-order valence-corrected chi connectivity index (χ0v) is 14.5. The number of nitrogens with one attached hydrogen (secondary N) is 1. The molecule has 25 heavy (non-hydrogen) atoms. The number of hydrogen-bond donors (Lipinski definition) is 1. The first kappa shape index (κ1) is 17.0. The number of halogens is 1. The molecule has 0 spiro atoms. The number of nitrogens with zero attached hydrogens (tertiary/aromatic N) is 4. The highest BCUT2D eigenvalue weighted by Gasteiger charge is 2.10. The van der Waals surface area contributed by atoms with E-state index in [0.29, 0.717) is 18.1 Å². The minimum Gasteiger partial charge on any atom is -0.334 e. The Labute approximate surface area is 151 Å². The lowest BCUT2D eigenvalue weighted by Crippen LogP contribution is -2.36. The summed E-state index contributed by atoms with van der Waals surface area (Å²) in [4.78, 5) is 18.2. The Balaban J connectivity index is 1.54. The number of pyridine rings is 1. The van der Waals surface area contributed by atoms with Gasteiger partial charge in [-0.25, -0.2) is 14.5 Å². The predicted molar refractivity (Wildman–Crippen MR) is 96.5 cm³/mol. The SMILES string of the molecule is CN(Cc1ccccc1Cl)C(=O)NCc1ccc(-n2cccn2)nc1. The average molecular weight is 356 g/mol. The Morgan fingerprint density at radius 3 is 2.76 bits per heavy atom. The van der Waals surface area contributed by atoms with Gasteiger partial charge in [0.2, 0.25) is 0 Å². The van der Waals surface area contributed by atoms with E-state index in [1.54, 1.807) is 29.0 Å². The molecule has 3 aromatic rings. The van der Waals surface area contributed by atoms with Gasteiger partial charge in [0.05, 0.1) is 0 Å². The molecule has 128 valence electrons. The number of amides is 2. The summed E-state index contributed by atoms with van der Waals surface area (Å²) in [6.07, 6.45) is 5.25. The summed E-state index contributed by atoms with van der Waals surface area (Å²) >= 11 is 6.13. The summed E-state index contributed by atoms with van der Waals surface area (Å²) in [6, 6.07) is 12.9. The molecule has 1 aromatic carbocycles. The third kappa shape index (κ3) is 4.36. The van der Waals surface area contributed by atoms with E-state index in [1.807, 2.05) is 48.7 Å². The molecule has 2 amide bonds. The summed E-state index contributed by atoms with van der Waals surface area (Å²) < 4.78 is 1.68. The standard InChI is InChI=1S/C18H18ClN5O/c1-23(13-15-5-2-3-6-16(15)19)18(25)21-12-14-7-8-17(20-11-14)24-10-4-9-22-24/h2-11H,12-13H2,1H3,(H,21,25). The van der Waals surface area contributed by atoms with Crippen molar-refractivity contribution < 1.29 is 4.79 Å². The summed E-state index contributed by atoms with van der Waals surface area (Å²) in [5, 5.41) is 7.65. The van der Waals surface area contributed by atoms with Crippen LogP contribution in [0.25, 0.3) is 5.82 Å². The minimum atomic E-state index is -0.170. The molecule has 0 bridgehead atoms. The van der Waals surface area contributed by atoms with Gasteiger partial charge in [0.15, 0.2) is 5.82 Å². The zero-order chi connectivity index (χ0) is 17.6. The fourth-order valence-corrected chi connectivity index (χ4v) is 2.52. The van der Waals surface area contributed by atoms with E-state index in [-0.39, 0.29) is 6.03 Å². The van der Waals surface area contributed by atoms with E-state index >= 15 is 0 Å². The summed E-state index contributed by atoms with van der Waals surface area (Å²) in [6.45, 7) is 0.847. The molecule has 0 aliphatic carbocycles. The second kappa shape index (κ2) is 7.81. The molecule has 0 radical (unpaired) electrons. The van der Waals surface area contributed by atoms with Crippen LogP contribution in [0.15, 0.2) is 61.1 Å². The highest BCUT2D eigenvalue weighted by Crippen LogP contribution is 2.16. The maximum Gasteiger partial charge on any atom is 0.317 e. The van der Waals surface area contributed by atoms with Crippen LogP contribution in [0.1, 0.15) is 11.1 Å². The van der Waals surface area contributed by atoms with E-state index in [1.165, 1.54) is 0 Å². The normalized spacial score (nSPS) is 10.5. The van der Waals surface area contributed by atoms with Gasteiger partial charge in [0.25, 0.3) is 0 Å². The van der Waals surface area contributed by atoms with Crippen molar-refractivity contribution in [3.8, 4) is 5.82 Å². The van der Waals surface area contributed by atoms with Gasteiger partial charge < -0.3 is 10.2 Å². The molecule has 0 fully saturated rings. The number of hydrogen-bond acceptors (Lipinski definition) is 3. The largest absolute Gasteiger partial charge is 0.334 e. The van der Waals surface area contributed by atoms with Crippen molar-refractivity contribution in [2.75, 3.05) is 7.05 Å². The molecule has 2 aromatic heterocycles. The molecule has 7 heteroatoms. The van der Waals surface area contributed by atoms with Gasteiger partial charge in [0, 0.05) is 43.8 Å². The van der Waals surface area contributed by atoms with Gasteiger partial charge in [-0.05, 0) is 29.3 Å². The molecular weight excluding hydrogens is 338 g/mol. The summed E-state index contributed by atoms with van der Waals surface area (Å²) in [5.74, 6) is 0.732. The predicted octanol–water partition coefficient (Wildman–Crippen LogP) is 3.26. The van der Waals surface area contributed by atoms with Crippen LogP contribution < -0.4 is 5.32 Å². The van der Waals surface area contributed by atoms with Crippen LogP contribution in [0, 0.1) is 0 Å². The van der Waals surface area contributed by atoms with Gasteiger partial charge >= 0.3 is 6.03 Å². The van der Waals surface area contributed by atoms with Crippen molar-refractivity contribution in [1.29, 1.82) is 0 Å². The van der Waals surface area contributed by atoms with Crippen LogP contribution >= 0.6 is 11.6 Å². The van der Waals surface area contributed by atoms with Crippen molar-refractivity contribution in [3.63, 3.8) is 0 Å². The molecule has 1 N–H and O–H groups in total. The molecule has 0 saturated heterocycles. The molecule has 0 saturated carbocycles. The lowest BCUT2D eigenvalue weighted by atomic mass is 10.2. The Morgan fingerprint density at radius 2 is 2.08 bits per heavy atom. The fourth-order valence-electron chi connectivity index (χ4n) is 2.33. The van der Waals surface area contributed by atoms with E-state index in [4.69, 9.17) is 11.6 Å². The molecule has 3 rings (SSSR count). The van der Waals surface area contributed by atoms with Crippen LogP contribution in [-0.2, 0) is 13.1 Å². The summed E-state index contributed by atoms with van der Waals surface area (Å²) in [5.41, 5.74) is 1.82. The third-order valence-corrected chi connectivity index (χ3v) is 4.07. The van der Waals surface area contributed by atoms with Crippen LogP contribution in [0.3, 0.4) is 0 Å². The molecule has 0 aliphatic heterocycles. The van der Waals surface area contributed by atoms with E-state index in [0.717, 1.165) is 16.9 Å². The molecular formula is C18H18ClN5O. The lowest BCUT2D eigenvalue weighted by Gasteiger charge is -2.18. The van der Waals surface area contributed by atoms with Crippen LogP contribution in [0.4, 0.5) is 4.79 Å². The number of urea groups is 1. The monoisotopic (exact) mass is 355 g/mol. The number of carbonyl (C=O) groups is 1. The van der Waals surface area contributed by atoms with Crippen molar-refractivity contribution >= 4 is 17.6 Å². The number of carbonyl (C=O) groups excluding carboxylic acids is 1. The van der Waals surface area contributed by atoms with Gasteiger partial charge in [-0.15, -0.1) is 0 Å². The lowest BCUT2D eigenvalue weighted by molar-refractivity contribution is 0.206. The maximum absolute atomic E-state index is 12.2. The molecule has 2 heterocycles. The molecule has 0 aliphatic rings. The first-order valence-corrected chi connectivity index (χ1v) is 8.18. The number of rotatable bonds is 5. The van der Waals surface area contributed by atoms with Crippen molar-refractivity contribution in [2.45, 2.75) is 13.1 Å². The van der Waals surface area contributed by atoms with Gasteiger partial charge in [-0.3, -0.25) is 0 Å². The first-order chi connectivity index (χ1) is 12.1. The van der Waals surface area contributed by atoms with E-state index in [2.05, 4.69) is 15.4 Å². The Morgan fingerprint density at radius 1 is 1.24 bits per heavy atom. The Bertz CT molecular complexity index is 833.